The molecule has 0 bridgehead atoms. The van der Waals surface area contributed by atoms with E-state index in [0.717, 1.165) is 38.2 Å². The Morgan fingerprint density at radius 1 is 1.32 bits per heavy atom. The Balaban J connectivity index is 2.52. The number of nitriles is 1. The van der Waals surface area contributed by atoms with Crippen LogP contribution in [0.25, 0.3) is 0 Å². The fraction of sp³-hybridized carbons (Fsp3) is 0.533. The van der Waals surface area contributed by atoms with E-state index < -0.39 is 0 Å². The molecule has 0 amide bonds. The molecule has 1 atom stereocenters. The molecular formula is C15H22FN3. The highest BCUT2D eigenvalue weighted by Crippen LogP contribution is 2.15. The molecule has 0 aliphatic rings. The molecule has 104 valence electrons. The van der Waals surface area contributed by atoms with Gasteiger partial charge in [0, 0.05) is 18.8 Å². The maximum atomic E-state index is 12.9. The lowest BCUT2D eigenvalue weighted by Gasteiger charge is -2.24. The third-order valence-electron chi connectivity index (χ3n) is 3.06. The van der Waals surface area contributed by atoms with Gasteiger partial charge in [0.05, 0.1) is 12.1 Å². The Labute approximate surface area is 115 Å². The molecule has 4 heteroatoms. The number of nitrogens with zero attached hydrogens (tertiary/aromatic N) is 2. The first kappa shape index (κ1) is 15.5. The molecule has 1 N–H and O–H groups in total. The van der Waals surface area contributed by atoms with Crippen LogP contribution < -0.4 is 10.2 Å². The summed E-state index contributed by atoms with van der Waals surface area (Å²) in [5.41, 5.74) is 0.996. The van der Waals surface area contributed by atoms with Gasteiger partial charge in [0.25, 0.3) is 0 Å². The second-order valence-electron chi connectivity index (χ2n) is 4.48. The van der Waals surface area contributed by atoms with Crippen molar-refractivity contribution < 1.29 is 4.39 Å². The quantitative estimate of drug-likeness (QED) is 0.783. The first-order valence-electron chi connectivity index (χ1n) is 6.84. The lowest BCUT2D eigenvalue weighted by molar-refractivity contribution is 0.556. The standard InChI is InChI=1S/C15H22FN3/c1-3-10-18-14(12-17)9-11-19(4-2)15-7-5-13(16)6-8-15/h5-8,14,18H,3-4,9-11H2,1-2H3. The van der Waals surface area contributed by atoms with E-state index >= 15 is 0 Å². The molecule has 0 radical (unpaired) electrons. The number of nitrogens with one attached hydrogen (secondary N) is 1. The zero-order valence-electron chi connectivity index (χ0n) is 11.7. The molecule has 0 fully saturated rings. The van der Waals surface area contributed by atoms with Crippen LogP contribution >= 0.6 is 0 Å². The predicted octanol–water partition coefficient (Wildman–Crippen LogP) is 2.93. The van der Waals surface area contributed by atoms with E-state index in [1.165, 1.54) is 12.1 Å². The highest BCUT2D eigenvalue weighted by Gasteiger charge is 2.10. The van der Waals surface area contributed by atoms with Gasteiger partial charge >= 0.3 is 0 Å². The van der Waals surface area contributed by atoms with E-state index in [0.29, 0.717) is 0 Å². The molecule has 0 saturated carbocycles. The van der Waals surface area contributed by atoms with Crippen molar-refractivity contribution >= 4 is 5.69 Å². The summed E-state index contributed by atoms with van der Waals surface area (Å²) in [5, 5.41) is 12.3. The highest BCUT2D eigenvalue weighted by atomic mass is 19.1. The van der Waals surface area contributed by atoms with Crippen LogP contribution in [0.3, 0.4) is 0 Å². The van der Waals surface area contributed by atoms with E-state index in [4.69, 9.17) is 5.26 Å². The normalized spacial score (nSPS) is 11.9. The molecule has 1 rings (SSSR count). The molecule has 1 unspecified atom stereocenters. The smallest absolute Gasteiger partial charge is 0.123 e. The number of benzene rings is 1. The Morgan fingerprint density at radius 3 is 2.53 bits per heavy atom. The maximum Gasteiger partial charge on any atom is 0.123 e. The van der Waals surface area contributed by atoms with Crippen LogP contribution in [0.4, 0.5) is 10.1 Å². The van der Waals surface area contributed by atoms with Crippen LogP contribution in [0.5, 0.6) is 0 Å². The molecule has 0 aromatic heterocycles. The number of hydrogen-bond donors (Lipinski definition) is 1. The van der Waals surface area contributed by atoms with Crippen molar-refractivity contribution in [3.8, 4) is 6.07 Å². The molecular weight excluding hydrogens is 241 g/mol. The van der Waals surface area contributed by atoms with Crippen LogP contribution in [0.1, 0.15) is 26.7 Å². The average molecular weight is 263 g/mol. The minimum Gasteiger partial charge on any atom is -0.372 e. The number of hydrogen-bond acceptors (Lipinski definition) is 3. The highest BCUT2D eigenvalue weighted by molar-refractivity contribution is 5.46. The van der Waals surface area contributed by atoms with Gasteiger partial charge in [-0.3, -0.25) is 0 Å². The molecule has 1 aromatic rings. The van der Waals surface area contributed by atoms with Gasteiger partial charge in [0.2, 0.25) is 0 Å². The SMILES string of the molecule is CCCNC(C#N)CCN(CC)c1ccc(F)cc1. The van der Waals surface area contributed by atoms with Gasteiger partial charge in [-0.2, -0.15) is 5.26 Å². The topological polar surface area (TPSA) is 39.1 Å². The van der Waals surface area contributed by atoms with E-state index in [1.807, 2.05) is 0 Å². The predicted molar refractivity (Wildman–Crippen MR) is 76.6 cm³/mol. The van der Waals surface area contributed by atoms with Crippen molar-refractivity contribution in [2.75, 3.05) is 24.5 Å². The lowest BCUT2D eigenvalue weighted by atomic mass is 10.2. The Kier molecular flexibility index (Phi) is 6.91. The molecule has 0 saturated heterocycles. The third kappa shape index (κ3) is 5.27. The van der Waals surface area contributed by atoms with Gasteiger partial charge in [-0.05, 0) is 50.6 Å². The summed E-state index contributed by atoms with van der Waals surface area (Å²) in [6, 6.07) is 8.65. The fourth-order valence-electron chi connectivity index (χ4n) is 1.94. The number of rotatable bonds is 8. The van der Waals surface area contributed by atoms with Crippen molar-refractivity contribution in [1.29, 1.82) is 5.26 Å². The van der Waals surface area contributed by atoms with Gasteiger partial charge in [-0.15, -0.1) is 0 Å². The van der Waals surface area contributed by atoms with Crippen LogP contribution in [-0.4, -0.2) is 25.7 Å². The summed E-state index contributed by atoms with van der Waals surface area (Å²) in [6.45, 7) is 6.64. The monoisotopic (exact) mass is 263 g/mol. The first-order valence-corrected chi connectivity index (χ1v) is 6.84. The zero-order chi connectivity index (χ0) is 14.1. The van der Waals surface area contributed by atoms with Crippen molar-refractivity contribution in [1.82, 2.24) is 5.32 Å². The number of anilines is 1. The Hall–Kier alpha value is -1.60. The minimum atomic E-state index is -0.223. The zero-order valence-corrected chi connectivity index (χ0v) is 11.7. The van der Waals surface area contributed by atoms with Crippen molar-refractivity contribution in [2.24, 2.45) is 0 Å². The lowest BCUT2D eigenvalue weighted by Crippen LogP contribution is -2.33. The largest absolute Gasteiger partial charge is 0.372 e. The average Bonchev–Trinajstić information content (AvgIpc) is 2.44. The van der Waals surface area contributed by atoms with Crippen LogP contribution in [-0.2, 0) is 0 Å². The summed E-state index contributed by atoms with van der Waals surface area (Å²) in [5.74, 6) is -0.223. The van der Waals surface area contributed by atoms with Gasteiger partial charge in [-0.1, -0.05) is 6.92 Å². The van der Waals surface area contributed by atoms with Gasteiger partial charge < -0.3 is 10.2 Å². The Morgan fingerprint density at radius 2 is 2.00 bits per heavy atom. The molecule has 0 aliphatic carbocycles. The van der Waals surface area contributed by atoms with Crippen LogP contribution in [0.15, 0.2) is 24.3 Å². The molecule has 19 heavy (non-hydrogen) atoms. The minimum absolute atomic E-state index is 0.116. The van der Waals surface area contributed by atoms with Crippen LogP contribution in [0.2, 0.25) is 0 Å². The molecule has 0 spiro atoms. The maximum absolute atomic E-state index is 12.9. The van der Waals surface area contributed by atoms with E-state index in [9.17, 15) is 4.39 Å². The summed E-state index contributed by atoms with van der Waals surface area (Å²) in [6.07, 6.45) is 1.79. The van der Waals surface area contributed by atoms with Gasteiger partial charge in [-0.25, -0.2) is 4.39 Å². The third-order valence-corrected chi connectivity index (χ3v) is 3.06. The van der Waals surface area contributed by atoms with Crippen molar-refractivity contribution in [3.05, 3.63) is 30.1 Å². The second-order valence-corrected chi connectivity index (χ2v) is 4.48. The van der Waals surface area contributed by atoms with Gasteiger partial charge in [0.1, 0.15) is 5.82 Å². The van der Waals surface area contributed by atoms with E-state index in [1.54, 1.807) is 12.1 Å². The summed E-state index contributed by atoms with van der Waals surface area (Å²) in [7, 11) is 0. The summed E-state index contributed by atoms with van der Waals surface area (Å²) in [4.78, 5) is 2.15. The fourth-order valence-corrected chi connectivity index (χ4v) is 1.94. The summed E-state index contributed by atoms with van der Waals surface area (Å²) < 4.78 is 12.9. The second kappa shape index (κ2) is 8.49. The molecule has 3 nitrogen and oxygen atoms in total. The van der Waals surface area contributed by atoms with Gasteiger partial charge in [0.15, 0.2) is 0 Å². The van der Waals surface area contributed by atoms with E-state index in [2.05, 4.69) is 30.1 Å². The molecule has 1 aromatic carbocycles. The molecule has 0 heterocycles. The summed E-state index contributed by atoms with van der Waals surface area (Å²) >= 11 is 0. The van der Waals surface area contributed by atoms with E-state index in [-0.39, 0.29) is 11.9 Å². The Bertz CT molecular complexity index is 397. The molecule has 0 aliphatic heterocycles. The van der Waals surface area contributed by atoms with Crippen LogP contribution in [0, 0.1) is 17.1 Å². The van der Waals surface area contributed by atoms with Crippen molar-refractivity contribution in [3.63, 3.8) is 0 Å². The first-order chi connectivity index (χ1) is 9.21. The van der Waals surface area contributed by atoms with Crippen molar-refractivity contribution in [2.45, 2.75) is 32.7 Å². The number of halogens is 1.